The number of ketones is 2. The lowest BCUT2D eigenvalue weighted by Gasteiger charge is -2.61. The number of rotatable bonds is 2. The second-order valence-corrected chi connectivity index (χ2v) is 8.54. The molecule has 0 spiro atoms. The standard InChI is InChI=1S/C20H28O4/c1-9(2)19(23)13-7-11(5)16(18(19)22)15-12(6)8-14(21)20(24,10(3)4)17(13)15/h7-10,13,15-17,23-24H,1-6H3/t13?,15?,16?,17?,19?,20-/m1/s1. The summed E-state index contributed by atoms with van der Waals surface area (Å²) >= 11 is 0. The van der Waals surface area contributed by atoms with Crippen molar-refractivity contribution in [2.75, 3.05) is 0 Å². The summed E-state index contributed by atoms with van der Waals surface area (Å²) in [7, 11) is 0. The highest BCUT2D eigenvalue weighted by Crippen LogP contribution is 2.60. The zero-order chi connectivity index (χ0) is 18.2. The maximum Gasteiger partial charge on any atom is 0.187 e. The molecule has 6 atom stereocenters. The topological polar surface area (TPSA) is 74.6 Å². The first-order valence-electron chi connectivity index (χ1n) is 8.88. The normalized spacial score (nSPS) is 44.8. The summed E-state index contributed by atoms with van der Waals surface area (Å²) < 4.78 is 0. The van der Waals surface area contributed by atoms with Crippen molar-refractivity contribution in [1.82, 2.24) is 0 Å². The molecule has 0 radical (unpaired) electrons. The molecule has 0 saturated heterocycles. The number of Topliss-reactive ketones (excluding diaryl/α,β-unsaturated/α-hetero) is 1. The second-order valence-electron chi connectivity index (χ2n) is 8.54. The molecule has 4 nitrogen and oxygen atoms in total. The Labute approximate surface area is 143 Å². The van der Waals surface area contributed by atoms with Crippen LogP contribution in [0.25, 0.3) is 0 Å². The van der Waals surface area contributed by atoms with Crippen molar-refractivity contribution in [3.8, 4) is 0 Å². The summed E-state index contributed by atoms with van der Waals surface area (Å²) in [6.07, 6.45) is 3.45. The molecule has 4 aliphatic carbocycles. The van der Waals surface area contributed by atoms with Gasteiger partial charge >= 0.3 is 0 Å². The van der Waals surface area contributed by atoms with Crippen LogP contribution in [-0.2, 0) is 9.59 Å². The molecule has 5 unspecified atom stereocenters. The van der Waals surface area contributed by atoms with E-state index in [-0.39, 0.29) is 29.3 Å². The first-order chi connectivity index (χ1) is 11.0. The highest BCUT2D eigenvalue weighted by molar-refractivity contribution is 6.02. The first kappa shape index (κ1) is 17.6. The van der Waals surface area contributed by atoms with Gasteiger partial charge in [0.05, 0.1) is 0 Å². The van der Waals surface area contributed by atoms with Gasteiger partial charge in [-0.1, -0.05) is 44.9 Å². The van der Waals surface area contributed by atoms with Crippen LogP contribution in [0.15, 0.2) is 23.3 Å². The summed E-state index contributed by atoms with van der Waals surface area (Å²) in [6, 6.07) is 0. The molecule has 1 fully saturated rings. The third-order valence-corrected chi connectivity index (χ3v) is 6.80. The van der Waals surface area contributed by atoms with Crippen LogP contribution >= 0.6 is 0 Å². The fourth-order valence-corrected chi connectivity index (χ4v) is 5.40. The molecule has 4 aliphatic rings. The molecule has 0 amide bonds. The number of carbonyl (C=O) groups is 2. The van der Waals surface area contributed by atoms with E-state index in [1.165, 1.54) is 6.08 Å². The van der Waals surface area contributed by atoms with Gasteiger partial charge in [-0.25, -0.2) is 0 Å². The summed E-state index contributed by atoms with van der Waals surface area (Å²) in [4.78, 5) is 25.9. The first-order valence-corrected chi connectivity index (χ1v) is 8.88. The van der Waals surface area contributed by atoms with Gasteiger partial charge in [-0.2, -0.15) is 0 Å². The van der Waals surface area contributed by atoms with Gasteiger partial charge in [0, 0.05) is 23.7 Å². The molecular weight excluding hydrogens is 304 g/mol. The van der Waals surface area contributed by atoms with E-state index in [1.807, 2.05) is 47.6 Å². The molecule has 132 valence electrons. The average Bonchev–Trinajstić information content (AvgIpc) is 2.48. The average molecular weight is 332 g/mol. The Balaban J connectivity index is 2.29. The van der Waals surface area contributed by atoms with Crippen LogP contribution in [0.5, 0.6) is 0 Å². The van der Waals surface area contributed by atoms with Crippen molar-refractivity contribution >= 4 is 11.6 Å². The van der Waals surface area contributed by atoms with Gasteiger partial charge in [0.15, 0.2) is 11.6 Å². The van der Waals surface area contributed by atoms with Crippen LogP contribution in [0, 0.1) is 35.5 Å². The lowest BCUT2D eigenvalue weighted by molar-refractivity contribution is -0.196. The Kier molecular flexibility index (Phi) is 3.75. The molecule has 0 aromatic rings. The molecule has 24 heavy (non-hydrogen) atoms. The molecule has 0 heterocycles. The van der Waals surface area contributed by atoms with Gasteiger partial charge in [0.1, 0.15) is 11.2 Å². The molecule has 0 aliphatic heterocycles. The zero-order valence-corrected chi connectivity index (χ0v) is 15.3. The van der Waals surface area contributed by atoms with Crippen molar-refractivity contribution < 1.29 is 19.8 Å². The van der Waals surface area contributed by atoms with Gasteiger partial charge in [-0.3, -0.25) is 9.59 Å². The summed E-state index contributed by atoms with van der Waals surface area (Å²) in [5, 5.41) is 22.7. The van der Waals surface area contributed by atoms with Gasteiger partial charge in [0.2, 0.25) is 0 Å². The summed E-state index contributed by atoms with van der Waals surface area (Å²) in [5.74, 6) is -2.69. The Hall–Kier alpha value is -1.26. The van der Waals surface area contributed by atoms with Crippen LogP contribution in [0.2, 0.25) is 0 Å². The molecule has 2 bridgehead atoms. The van der Waals surface area contributed by atoms with Crippen LogP contribution < -0.4 is 0 Å². The molecule has 1 saturated carbocycles. The Morgan fingerprint density at radius 1 is 0.958 bits per heavy atom. The lowest BCUT2D eigenvalue weighted by atomic mass is 9.44. The lowest BCUT2D eigenvalue weighted by Crippen LogP contribution is -2.71. The fourth-order valence-electron chi connectivity index (χ4n) is 5.40. The number of hydrogen-bond acceptors (Lipinski definition) is 4. The highest BCUT2D eigenvalue weighted by Gasteiger charge is 2.69. The minimum atomic E-state index is -1.55. The third kappa shape index (κ3) is 1.81. The van der Waals surface area contributed by atoms with Crippen molar-refractivity contribution in [2.24, 2.45) is 35.5 Å². The number of hydrogen-bond donors (Lipinski definition) is 2. The summed E-state index contributed by atoms with van der Waals surface area (Å²) in [5.41, 5.74) is -1.28. The second kappa shape index (κ2) is 5.12. The van der Waals surface area contributed by atoms with E-state index in [4.69, 9.17) is 0 Å². The zero-order valence-electron chi connectivity index (χ0n) is 15.3. The van der Waals surface area contributed by atoms with Crippen molar-refractivity contribution in [3.63, 3.8) is 0 Å². The van der Waals surface area contributed by atoms with Crippen molar-refractivity contribution in [2.45, 2.75) is 52.7 Å². The van der Waals surface area contributed by atoms with E-state index in [0.29, 0.717) is 0 Å². The molecule has 4 heteroatoms. The smallest absolute Gasteiger partial charge is 0.187 e. The molecule has 0 aromatic heterocycles. The minimum absolute atomic E-state index is 0.156. The van der Waals surface area contributed by atoms with Gasteiger partial charge in [0.25, 0.3) is 0 Å². The van der Waals surface area contributed by atoms with Crippen molar-refractivity contribution in [3.05, 3.63) is 23.3 Å². The predicted octanol–water partition coefficient (Wildman–Crippen LogP) is 2.30. The number of fused-ring (bicyclic) bond motifs is 1. The van der Waals surface area contributed by atoms with E-state index in [2.05, 4.69) is 0 Å². The maximum atomic E-state index is 13.1. The largest absolute Gasteiger partial charge is 0.381 e. The van der Waals surface area contributed by atoms with Crippen LogP contribution in [0.3, 0.4) is 0 Å². The number of carbonyl (C=O) groups excluding carboxylic acids is 2. The molecular formula is C20H28O4. The third-order valence-electron chi connectivity index (χ3n) is 6.80. The maximum absolute atomic E-state index is 13.1. The Morgan fingerprint density at radius 2 is 1.50 bits per heavy atom. The van der Waals surface area contributed by atoms with Gasteiger partial charge in [-0.05, 0) is 31.8 Å². The SMILES string of the molecule is CC1=CC2C3C(C(C)=CC(=O)[C@]3(O)C(C)C)C1C(=O)C2(O)C(C)C. The van der Waals surface area contributed by atoms with Crippen LogP contribution in [-0.4, -0.2) is 33.0 Å². The number of allylic oxidation sites excluding steroid dienone is 2. The van der Waals surface area contributed by atoms with Crippen molar-refractivity contribution in [1.29, 1.82) is 0 Å². The van der Waals surface area contributed by atoms with E-state index in [1.54, 1.807) is 0 Å². The van der Waals surface area contributed by atoms with Gasteiger partial charge in [-0.15, -0.1) is 0 Å². The quantitative estimate of drug-likeness (QED) is 0.761. The van der Waals surface area contributed by atoms with E-state index in [9.17, 15) is 19.8 Å². The highest BCUT2D eigenvalue weighted by atomic mass is 16.3. The molecule has 4 rings (SSSR count). The minimum Gasteiger partial charge on any atom is -0.381 e. The fraction of sp³-hybridized carbons (Fsp3) is 0.700. The summed E-state index contributed by atoms with van der Waals surface area (Å²) in [6.45, 7) is 11.1. The van der Waals surface area contributed by atoms with Gasteiger partial charge < -0.3 is 10.2 Å². The van der Waals surface area contributed by atoms with E-state index < -0.39 is 29.0 Å². The molecule has 2 N–H and O–H groups in total. The Morgan fingerprint density at radius 3 is 2.00 bits per heavy atom. The monoisotopic (exact) mass is 332 g/mol. The Bertz CT molecular complexity index is 671. The molecule has 0 aromatic carbocycles. The van der Waals surface area contributed by atoms with E-state index in [0.717, 1.165) is 11.1 Å². The number of aliphatic hydroxyl groups is 2. The van der Waals surface area contributed by atoms with Crippen LogP contribution in [0.1, 0.15) is 41.5 Å². The predicted molar refractivity (Wildman–Crippen MR) is 91.1 cm³/mol. The van der Waals surface area contributed by atoms with Crippen LogP contribution in [0.4, 0.5) is 0 Å². The van der Waals surface area contributed by atoms with E-state index >= 15 is 0 Å².